The summed E-state index contributed by atoms with van der Waals surface area (Å²) in [6, 6.07) is 4.80. The first-order valence-electron chi connectivity index (χ1n) is 5.46. The minimum Gasteiger partial charge on any atom is -0.384 e. The lowest BCUT2D eigenvalue weighted by molar-refractivity contribution is -0.137. The van der Waals surface area contributed by atoms with Crippen molar-refractivity contribution in [2.24, 2.45) is 0 Å². The number of benzene rings is 1. The normalized spacial score (nSPS) is 12.4. The van der Waals surface area contributed by atoms with Crippen molar-refractivity contribution in [3.05, 3.63) is 47.1 Å². The van der Waals surface area contributed by atoms with Crippen LogP contribution in [0.2, 0.25) is 5.02 Å². The van der Waals surface area contributed by atoms with Gasteiger partial charge in [-0.3, -0.25) is 0 Å². The van der Waals surface area contributed by atoms with E-state index in [4.69, 9.17) is 17.3 Å². The first kappa shape index (κ1) is 15.6. The van der Waals surface area contributed by atoms with Gasteiger partial charge in [0.25, 0.3) is 0 Å². The molecule has 1 heterocycles. The van der Waals surface area contributed by atoms with Crippen molar-refractivity contribution in [1.29, 1.82) is 0 Å². The second-order valence-electron chi connectivity index (χ2n) is 4.06. The Bertz CT molecular complexity index is 774. The summed E-state index contributed by atoms with van der Waals surface area (Å²) in [6.07, 6.45) is -3.77. The van der Waals surface area contributed by atoms with Gasteiger partial charge in [-0.25, -0.2) is 13.4 Å². The smallest absolute Gasteiger partial charge is 0.384 e. The van der Waals surface area contributed by atoms with Crippen molar-refractivity contribution in [2.45, 2.75) is 16.0 Å². The lowest BCUT2D eigenvalue weighted by atomic mass is 10.2. The second kappa shape index (κ2) is 5.19. The van der Waals surface area contributed by atoms with Crippen LogP contribution in [0.4, 0.5) is 19.0 Å². The number of alkyl halides is 3. The molecule has 0 unspecified atom stereocenters. The second-order valence-corrected chi connectivity index (χ2v) is 6.42. The van der Waals surface area contributed by atoms with Crippen LogP contribution in [-0.2, 0) is 16.0 Å². The van der Waals surface area contributed by atoms with Gasteiger partial charge in [-0.2, -0.15) is 13.2 Å². The molecule has 4 nitrogen and oxygen atoms in total. The Morgan fingerprint density at radius 3 is 2.24 bits per heavy atom. The number of nitrogens with two attached hydrogens (primary N) is 1. The maximum atomic E-state index is 12.8. The van der Waals surface area contributed by atoms with Crippen molar-refractivity contribution in [2.75, 3.05) is 5.73 Å². The number of anilines is 1. The molecule has 2 aromatic rings. The summed E-state index contributed by atoms with van der Waals surface area (Å²) in [4.78, 5) is 2.83. The highest BCUT2D eigenvalue weighted by Gasteiger charge is 2.34. The molecule has 2 rings (SSSR count). The third kappa shape index (κ3) is 3.11. The van der Waals surface area contributed by atoms with Gasteiger partial charge in [0.05, 0.1) is 20.4 Å². The molecule has 0 bridgehead atoms. The van der Waals surface area contributed by atoms with Crippen molar-refractivity contribution in [3.8, 4) is 0 Å². The van der Waals surface area contributed by atoms with E-state index in [1.165, 1.54) is 12.1 Å². The predicted octanol–water partition coefficient (Wildman–Crippen LogP) is 3.17. The Labute approximate surface area is 123 Å². The highest BCUT2D eigenvalue weighted by Crippen LogP contribution is 2.36. The number of halogens is 4. The standard InChI is InChI=1S/C12H8ClF3N2O2S/c13-10-3-1-7(5-9(10)12(14,15)16)21(19,20)8-2-4-11(17)18-6-8/h1-6H,(H2,17,18). The van der Waals surface area contributed by atoms with E-state index in [1.54, 1.807) is 0 Å². The summed E-state index contributed by atoms with van der Waals surface area (Å²) in [5.74, 6) is 0.0982. The van der Waals surface area contributed by atoms with Crippen molar-refractivity contribution < 1.29 is 21.6 Å². The van der Waals surface area contributed by atoms with Gasteiger partial charge in [-0.05, 0) is 30.3 Å². The Hall–Kier alpha value is -1.80. The molecule has 0 aliphatic rings. The fourth-order valence-electron chi connectivity index (χ4n) is 1.58. The Morgan fingerprint density at radius 2 is 1.71 bits per heavy atom. The average Bonchev–Trinajstić information content (AvgIpc) is 2.38. The molecule has 0 saturated heterocycles. The van der Waals surface area contributed by atoms with Crippen LogP contribution < -0.4 is 5.73 Å². The average molecular weight is 337 g/mol. The Balaban J connectivity index is 2.58. The van der Waals surface area contributed by atoms with Crippen LogP contribution in [0.5, 0.6) is 0 Å². The Morgan fingerprint density at radius 1 is 1.10 bits per heavy atom. The van der Waals surface area contributed by atoms with Crippen LogP contribution in [0.25, 0.3) is 0 Å². The van der Waals surface area contributed by atoms with E-state index in [2.05, 4.69) is 4.98 Å². The van der Waals surface area contributed by atoms with Gasteiger partial charge >= 0.3 is 6.18 Å². The molecular formula is C12H8ClF3N2O2S. The van der Waals surface area contributed by atoms with E-state index in [1.807, 2.05) is 0 Å². The maximum Gasteiger partial charge on any atom is 0.417 e. The summed E-state index contributed by atoms with van der Waals surface area (Å²) in [5.41, 5.74) is 4.12. The van der Waals surface area contributed by atoms with Crippen LogP contribution in [0.15, 0.2) is 46.3 Å². The van der Waals surface area contributed by atoms with E-state index >= 15 is 0 Å². The van der Waals surface area contributed by atoms with Crippen LogP contribution in [0.1, 0.15) is 5.56 Å². The molecule has 21 heavy (non-hydrogen) atoms. The number of rotatable bonds is 2. The minimum absolute atomic E-state index is 0.0982. The fourth-order valence-corrected chi connectivity index (χ4v) is 3.03. The van der Waals surface area contributed by atoms with E-state index in [0.717, 1.165) is 18.3 Å². The van der Waals surface area contributed by atoms with Crippen molar-refractivity contribution in [1.82, 2.24) is 4.98 Å². The van der Waals surface area contributed by atoms with Gasteiger partial charge in [-0.15, -0.1) is 0 Å². The number of nitrogen functional groups attached to an aromatic ring is 1. The molecule has 0 saturated carbocycles. The third-order valence-electron chi connectivity index (χ3n) is 2.62. The zero-order valence-corrected chi connectivity index (χ0v) is 11.8. The van der Waals surface area contributed by atoms with E-state index in [-0.39, 0.29) is 10.7 Å². The molecule has 0 fully saturated rings. The van der Waals surface area contributed by atoms with Crippen LogP contribution >= 0.6 is 11.6 Å². The third-order valence-corrected chi connectivity index (χ3v) is 4.69. The summed E-state index contributed by atoms with van der Waals surface area (Å²) in [5, 5.41) is -0.572. The van der Waals surface area contributed by atoms with E-state index < -0.39 is 31.5 Å². The van der Waals surface area contributed by atoms with Gasteiger partial charge < -0.3 is 5.73 Å². The van der Waals surface area contributed by atoms with E-state index in [0.29, 0.717) is 6.07 Å². The van der Waals surface area contributed by atoms with E-state index in [9.17, 15) is 21.6 Å². The highest BCUT2D eigenvalue weighted by molar-refractivity contribution is 7.91. The minimum atomic E-state index is -4.75. The molecule has 9 heteroatoms. The topological polar surface area (TPSA) is 73.1 Å². The van der Waals surface area contributed by atoms with Gasteiger partial charge in [0.1, 0.15) is 5.82 Å². The van der Waals surface area contributed by atoms with Crippen molar-refractivity contribution >= 4 is 27.3 Å². The highest BCUT2D eigenvalue weighted by atomic mass is 35.5. The van der Waals surface area contributed by atoms with Crippen molar-refractivity contribution in [3.63, 3.8) is 0 Å². The quantitative estimate of drug-likeness (QED) is 0.914. The molecule has 1 aromatic carbocycles. The van der Waals surface area contributed by atoms with Crippen LogP contribution in [-0.4, -0.2) is 13.4 Å². The lowest BCUT2D eigenvalue weighted by Crippen LogP contribution is -2.09. The zero-order chi connectivity index (χ0) is 15.8. The zero-order valence-electron chi connectivity index (χ0n) is 10.2. The molecule has 112 valence electrons. The van der Waals surface area contributed by atoms with Gasteiger partial charge in [0, 0.05) is 6.20 Å². The molecule has 0 aliphatic carbocycles. The van der Waals surface area contributed by atoms with Crippen LogP contribution in [0, 0.1) is 0 Å². The number of aromatic nitrogens is 1. The lowest BCUT2D eigenvalue weighted by Gasteiger charge is -2.11. The molecule has 0 spiro atoms. The number of nitrogens with zero attached hydrogens (tertiary/aromatic N) is 1. The molecule has 1 aromatic heterocycles. The monoisotopic (exact) mass is 336 g/mol. The fraction of sp³-hybridized carbons (Fsp3) is 0.0833. The molecule has 0 atom stereocenters. The summed E-state index contributed by atoms with van der Waals surface area (Å²) in [6.45, 7) is 0. The molecule has 0 aliphatic heterocycles. The summed E-state index contributed by atoms with van der Waals surface area (Å²) >= 11 is 5.45. The maximum absolute atomic E-state index is 12.8. The van der Waals surface area contributed by atoms with Gasteiger partial charge in [0.2, 0.25) is 9.84 Å². The van der Waals surface area contributed by atoms with Gasteiger partial charge in [-0.1, -0.05) is 11.6 Å². The number of hydrogen-bond acceptors (Lipinski definition) is 4. The largest absolute Gasteiger partial charge is 0.417 e. The molecule has 0 amide bonds. The molecular weight excluding hydrogens is 329 g/mol. The van der Waals surface area contributed by atoms with Crippen LogP contribution in [0.3, 0.4) is 0 Å². The molecule has 2 N–H and O–H groups in total. The first-order valence-corrected chi connectivity index (χ1v) is 7.32. The number of pyridine rings is 1. The first-order chi connectivity index (χ1) is 9.62. The predicted molar refractivity (Wildman–Crippen MR) is 70.6 cm³/mol. The summed E-state index contributed by atoms with van der Waals surface area (Å²) < 4.78 is 62.8. The van der Waals surface area contributed by atoms with Gasteiger partial charge in [0.15, 0.2) is 0 Å². The number of sulfone groups is 1. The Kier molecular flexibility index (Phi) is 3.85. The molecule has 0 radical (unpaired) electrons. The number of hydrogen-bond donors (Lipinski definition) is 1. The summed E-state index contributed by atoms with van der Waals surface area (Å²) in [7, 11) is -4.13. The SMILES string of the molecule is Nc1ccc(S(=O)(=O)c2ccc(Cl)c(C(F)(F)F)c2)cn1.